The van der Waals surface area contributed by atoms with E-state index in [1.54, 1.807) is 14.1 Å². The summed E-state index contributed by atoms with van der Waals surface area (Å²) in [5, 5.41) is 3.42. The lowest BCUT2D eigenvalue weighted by Gasteiger charge is -2.06. The molecule has 0 aromatic carbocycles. The second kappa shape index (κ2) is 2.47. The Morgan fingerprint density at radius 3 is 2.70 bits per heavy atom. The van der Waals surface area contributed by atoms with E-state index in [-0.39, 0.29) is 11.7 Å². The molecule has 0 atom stereocenters. The van der Waals surface area contributed by atoms with Gasteiger partial charge in [-0.1, -0.05) is 0 Å². The van der Waals surface area contributed by atoms with E-state index in [0.717, 1.165) is 0 Å². The van der Waals surface area contributed by atoms with Crippen LogP contribution in [0.15, 0.2) is 10.1 Å². The molecule has 0 unspecified atom stereocenters. The zero-order chi connectivity index (χ0) is 7.56. The first kappa shape index (κ1) is 6.73. The Labute approximate surface area is 58.4 Å². The van der Waals surface area contributed by atoms with Crippen LogP contribution >= 0.6 is 0 Å². The van der Waals surface area contributed by atoms with Gasteiger partial charge in [-0.25, -0.2) is 4.99 Å². The van der Waals surface area contributed by atoms with Crippen LogP contribution in [0.2, 0.25) is 0 Å². The molecule has 5 nitrogen and oxygen atoms in total. The molecular weight excluding hydrogens is 132 g/mol. The second-order valence-electron chi connectivity index (χ2n) is 1.98. The summed E-state index contributed by atoms with van der Waals surface area (Å²) in [7, 11) is 3.28. The van der Waals surface area contributed by atoms with Gasteiger partial charge in [0.05, 0.1) is 0 Å². The molecule has 1 aliphatic heterocycles. The minimum Gasteiger partial charge on any atom is -0.342 e. The molecule has 1 aliphatic rings. The normalized spacial score (nSPS) is 14.4. The van der Waals surface area contributed by atoms with E-state index in [1.807, 2.05) is 0 Å². The number of hydrogen-bond donors (Lipinski definition) is 0. The van der Waals surface area contributed by atoms with Crippen molar-refractivity contribution in [1.82, 2.24) is 10.3 Å². The molecule has 0 saturated heterocycles. The Hall–Kier alpha value is -1.39. The summed E-state index contributed by atoms with van der Waals surface area (Å²) in [6.45, 7) is 0. The SMILES string of the molecule is CN(C)C(=O)C1=NC=N[N]1. The minimum atomic E-state index is -0.225. The number of carbonyl (C=O) groups is 1. The maximum atomic E-state index is 11.0. The lowest BCUT2D eigenvalue weighted by atomic mass is 10.5. The van der Waals surface area contributed by atoms with Gasteiger partial charge in [0.25, 0.3) is 5.91 Å². The van der Waals surface area contributed by atoms with Crippen molar-refractivity contribution in [2.75, 3.05) is 14.1 Å². The largest absolute Gasteiger partial charge is 0.342 e. The average Bonchev–Trinajstić information content (AvgIpc) is 2.36. The summed E-state index contributed by atoms with van der Waals surface area (Å²) in [5.74, 6) is -0.0810. The van der Waals surface area contributed by atoms with Gasteiger partial charge in [-0.3, -0.25) is 4.79 Å². The Bertz CT molecular complexity index is 206. The predicted octanol–water partition coefficient (Wildman–Crippen LogP) is -0.966. The number of rotatable bonds is 1. The summed E-state index contributed by atoms with van der Waals surface area (Å²) in [6.07, 6.45) is 1.25. The van der Waals surface area contributed by atoms with E-state index in [0.29, 0.717) is 0 Å². The van der Waals surface area contributed by atoms with Gasteiger partial charge in [-0.05, 0) is 0 Å². The van der Waals surface area contributed by atoms with Crippen molar-refractivity contribution in [3.63, 3.8) is 0 Å². The predicted molar refractivity (Wildman–Crippen MR) is 36.8 cm³/mol. The van der Waals surface area contributed by atoms with Crippen molar-refractivity contribution in [2.24, 2.45) is 10.1 Å². The molecule has 1 rings (SSSR count). The molecule has 0 saturated carbocycles. The monoisotopic (exact) mass is 139 g/mol. The fraction of sp³-hybridized carbons (Fsp3) is 0.400. The summed E-state index contributed by atoms with van der Waals surface area (Å²) in [4.78, 5) is 16.0. The lowest BCUT2D eigenvalue weighted by Crippen LogP contribution is -2.32. The first-order valence-corrected chi connectivity index (χ1v) is 2.74. The fourth-order valence-electron chi connectivity index (χ4n) is 0.485. The molecule has 0 fully saturated rings. The molecular formula is C5H7N4O. The van der Waals surface area contributed by atoms with Crippen LogP contribution in [0.3, 0.4) is 0 Å². The standard InChI is InChI=1S/C5H7N4O/c1-9(2)5(10)4-6-3-7-8-4/h3H,1-2H3. The van der Waals surface area contributed by atoms with Crippen molar-refractivity contribution in [2.45, 2.75) is 0 Å². The first-order valence-electron chi connectivity index (χ1n) is 2.74. The summed E-state index contributed by atoms with van der Waals surface area (Å²) in [6, 6.07) is 0. The zero-order valence-corrected chi connectivity index (χ0v) is 5.77. The topological polar surface area (TPSA) is 59.1 Å². The van der Waals surface area contributed by atoms with Gasteiger partial charge in [0.1, 0.15) is 6.34 Å². The van der Waals surface area contributed by atoms with Crippen LogP contribution in [0.1, 0.15) is 0 Å². The van der Waals surface area contributed by atoms with Crippen LogP contribution in [0.5, 0.6) is 0 Å². The van der Waals surface area contributed by atoms with Crippen LogP contribution in [-0.4, -0.2) is 37.1 Å². The summed E-state index contributed by atoms with van der Waals surface area (Å²) in [5.41, 5.74) is 3.49. The number of likely N-dealkylation sites (N-methyl/N-ethyl adjacent to an activating group) is 1. The number of carbonyl (C=O) groups excluding carboxylic acids is 1. The van der Waals surface area contributed by atoms with Gasteiger partial charge in [0.2, 0.25) is 5.84 Å². The van der Waals surface area contributed by atoms with E-state index in [9.17, 15) is 4.79 Å². The highest BCUT2D eigenvalue weighted by Gasteiger charge is 2.16. The third-order valence-corrected chi connectivity index (χ3v) is 0.982. The van der Waals surface area contributed by atoms with E-state index in [1.165, 1.54) is 11.2 Å². The van der Waals surface area contributed by atoms with Gasteiger partial charge >= 0.3 is 0 Å². The molecule has 0 aromatic rings. The van der Waals surface area contributed by atoms with E-state index in [2.05, 4.69) is 15.5 Å². The number of aliphatic imine (C=N–C) groups is 1. The highest BCUT2D eigenvalue weighted by molar-refractivity contribution is 6.39. The average molecular weight is 139 g/mol. The van der Waals surface area contributed by atoms with Gasteiger partial charge in [-0.2, -0.15) is 0 Å². The number of hydrogen-bond acceptors (Lipinski definition) is 3. The molecule has 0 spiro atoms. The first-order chi connectivity index (χ1) is 4.72. The Balaban J connectivity index is 2.59. The minimum absolute atomic E-state index is 0.144. The number of nitrogens with zero attached hydrogens (tertiary/aromatic N) is 4. The molecule has 1 radical (unpaired) electrons. The van der Waals surface area contributed by atoms with E-state index < -0.39 is 0 Å². The van der Waals surface area contributed by atoms with Crippen LogP contribution in [0.25, 0.3) is 0 Å². The van der Waals surface area contributed by atoms with Gasteiger partial charge in [0.15, 0.2) is 0 Å². The Morgan fingerprint density at radius 2 is 2.30 bits per heavy atom. The highest BCUT2D eigenvalue weighted by atomic mass is 16.2. The van der Waals surface area contributed by atoms with Gasteiger partial charge < -0.3 is 4.90 Å². The molecule has 0 aromatic heterocycles. The molecule has 1 heterocycles. The smallest absolute Gasteiger partial charge is 0.293 e. The Kier molecular flexibility index (Phi) is 1.66. The molecule has 1 amide bonds. The van der Waals surface area contributed by atoms with Crippen LogP contribution in [0, 0.1) is 0 Å². The van der Waals surface area contributed by atoms with E-state index >= 15 is 0 Å². The molecule has 53 valence electrons. The van der Waals surface area contributed by atoms with Gasteiger partial charge in [-0.15, -0.1) is 10.5 Å². The quantitative estimate of drug-likeness (QED) is 0.461. The van der Waals surface area contributed by atoms with Crippen molar-refractivity contribution in [3.8, 4) is 0 Å². The maximum Gasteiger partial charge on any atom is 0.293 e. The lowest BCUT2D eigenvalue weighted by molar-refractivity contribution is -0.121. The molecule has 5 heteroatoms. The number of amides is 1. The van der Waals surface area contributed by atoms with Gasteiger partial charge in [0, 0.05) is 14.1 Å². The van der Waals surface area contributed by atoms with Crippen LogP contribution < -0.4 is 5.43 Å². The van der Waals surface area contributed by atoms with Crippen LogP contribution in [-0.2, 0) is 4.79 Å². The second-order valence-corrected chi connectivity index (χ2v) is 1.98. The molecule has 0 bridgehead atoms. The van der Waals surface area contributed by atoms with Crippen molar-refractivity contribution >= 4 is 18.1 Å². The summed E-state index contributed by atoms with van der Waals surface area (Å²) < 4.78 is 0. The Morgan fingerprint density at radius 1 is 1.60 bits per heavy atom. The third-order valence-electron chi connectivity index (χ3n) is 0.982. The highest BCUT2D eigenvalue weighted by Crippen LogP contribution is 1.88. The zero-order valence-electron chi connectivity index (χ0n) is 5.77. The van der Waals surface area contributed by atoms with E-state index in [4.69, 9.17) is 0 Å². The molecule has 10 heavy (non-hydrogen) atoms. The molecule has 0 N–H and O–H groups in total. The van der Waals surface area contributed by atoms with Crippen molar-refractivity contribution in [3.05, 3.63) is 0 Å². The van der Waals surface area contributed by atoms with Crippen molar-refractivity contribution in [1.29, 1.82) is 0 Å². The van der Waals surface area contributed by atoms with Crippen LogP contribution in [0.4, 0.5) is 0 Å². The molecule has 0 aliphatic carbocycles. The third kappa shape index (κ3) is 1.12. The maximum absolute atomic E-state index is 11.0. The van der Waals surface area contributed by atoms with Crippen molar-refractivity contribution < 1.29 is 4.79 Å². The number of amidine groups is 1. The summed E-state index contributed by atoms with van der Waals surface area (Å²) >= 11 is 0. The fourth-order valence-corrected chi connectivity index (χ4v) is 0.485.